The number of rotatable bonds is 11. The molecule has 1 aromatic rings. The smallest absolute Gasteiger partial charge is 0 e. The van der Waals surface area contributed by atoms with Gasteiger partial charge < -0.3 is 4.90 Å². The maximum atomic E-state index is 2.33. The predicted molar refractivity (Wildman–Crippen MR) is 100 cm³/mol. The van der Waals surface area contributed by atoms with E-state index in [2.05, 4.69) is 46.7 Å². The predicted octanol–water partition coefficient (Wildman–Crippen LogP) is 5.32. The van der Waals surface area contributed by atoms with E-state index in [0.29, 0.717) is 0 Å². The molecule has 0 aliphatic rings. The Labute approximate surface area is 160 Å². The van der Waals surface area contributed by atoms with Crippen molar-refractivity contribution in [1.82, 2.24) is 4.90 Å². The van der Waals surface area contributed by atoms with Gasteiger partial charge in [0.1, 0.15) is 0 Å². The van der Waals surface area contributed by atoms with Crippen molar-refractivity contribution in [2.45, 2.75) is 85.5 Å². The van der Waals surface area contributed by atoms with Gasteiger partial charge in [0.2, 0.25) is 0 Å². The zero-order valence-electron chi connectivity index (χ0n) is 16.5. The van der Waals surface area contributed by atoms with Gasteiger partial charge in [-0.2, -0.15) is 22.3 Å². The first-order chi connectivity index (χ1) is 10.6. The normalized spacial score (nSPS) is 11.1. The van der Waals surface area contributed by atoms with Crippen LogP contribution in [0, 0.1) is 0 Å². The molecule has 132 valence electrons. The molecule has 0 fully saturated rings. The van der Waals surface area contributed by atoms with Crippen LogP contribution >= 0.6 is 0 Å². The molecular weight excluding hydrogens is 314 g/mol. The third kappa shape index (κ3) is 6.44. The second-order valence-electron chi connectivity index (χ2n) is 6.95. The van der Waals surface area contributed by atoms with E-state index >= 15 is 0 Å². The van der Waals surface area contributed by atoms with Crippen LogP contribution in [0.1, 0.15) is 81.2 Å². The maximum Gasteiger partial charge on any atom is 0 e. The van der Waals surface area contributed by atoms with Crippen molar-refractivity contribution in [1.29, 1.82) is 0 Å². The van der Waals surface area contributed by atoms with E-state index in [1.54, 1.807) is 27.8 Å². The minimum atomic E-state index is 0. The maximum absolute atomic E-state index is 2.33. The monoisotopic (exact) mass is 352 g/mol. The summed E-state index contributed by atoms with van der Waals surface area (Å²) in [4.78, 5) is 2.33. The van der Waals surface area contributed by atoms with Crippen LogP contribution in [0.2, 0.25) is 0 Å². The Kier molecular flexibility index (Phi) is 12.4. The van der Waals surface area contributed by atoms with Crippen LogP contribution in [0.25, 0.3) is 0 Å². The zero-order valence-corrected chi connectivity index (χ0v) is 18.1. The third-order valence-electron chi connectivity index (χ3n) is 4.63. The molecule has 0 heterocycles. The molecule has 0 unspecified atom stereocenters. The van der Waals surface area contributed by atoms with Crippen molar-refractivity contribution in [3.05, 3.63) is 27.8 Å². The number of hydrogen-bond acceptors (Lipinski definition) is 1. The summed E-state index contributed by atoms with van der Waals surface area (Å²) in [5.41, 5.74) is 8.67. The molecule has 0 aliphatic carbocycles. The van der Waals surface area contributed by atoms with Gasteiger partial charge in [0, 0.05) is 21.7 Å². The molecule has 0 atom stereocenters. The molecule has 0 aromatic heterocycles. The van der Waals surface area contributed by atoms with E-state index in [9.17, 15) is 0 Å². The number of nitrogens with zero attached hydrogens (tertiary/aromatic N) is 1. The van der Waals surface area contributed by atoms with Gasteiger partial charge in [-0.15, -0.1) is 5.56 Å². The molecule has 1 aromatic carbocycles. The minimum Gasteiger partial charge on any atom is -0.310 e. The molecule has 0 radical (unpaired) electrons. The third-order valence-corrected chi connectivity index (χ3v) is 4.63. The average molecular weight is 352 g/mol. The van der Waals surface area contributed by atoms with Gasteiger partial charge in [0.15, 0.2) is 0 Å². The van der Waals surface area contributed by atoms with Crippen LogP contribution < -0.4 is 0 Å². The first-order valence-corrected chi connectivity index (χ1v) is 9.56. The Hall–Kier alpha value is 0.0243. The summed E-state index contributed by atoms with van der Waals surface area (Å²) in [6, 6.07) is 0. The molecular formula is C21H38NTi-. The summed E-state index contributed by atoms with van der Waals surface area (Å²) in [6.45, 7) is 10.5. The molecule has 0 N–H and O–H groups in total. The molecule has 1 rings (SSSR count). The molecule has 0 aliphatic heterocycles. The van der Waals surface area contributed by atoms with Crippen LogP contribution in [0.15, 0.2) is 0 Å². The number of hydrogen-bond donors (Lipinski definition) is 0. The van der Waals surface area contributed by atoms with Crippen molar-refractivity contribution in [2.75, 3.05) is 20.6 Å². The topological polar surface area (TPSA) is 3.24 Å². The van der Waals surface area contributed by atoms with Gasteiger partial charge in [0.25, 0.3) is 0 Å². The molecule has 0 saturated carbocycles. The SMILES string of the molecule is CCCc1c(CCC)c(CCC)[c-](CCN(C)C)c1CCC.[Ti]. The molecule has 0 bridgehead atoms. The summed E-state index contributed by atoms with van der Waals surface area (Å²) in [6.07, 6.45) is 11.4. The second kappa shape index (κ2) is 12.4. The fourth-order valence-corrected chi connectivity index (χ4v) is 3.75. The van der Waals surface area contributed by atoms with Gasteiger partial charge in [-0.3, -0.25) is 0 Å². The van der Waals surface area contributed by atoms with Gasteiger partial charge in [0.05, 0.1) is 0 Å². The van der Waals surface area contributed by atoms with E-state index in [4.69, 9.17) is 0 Å². The number of likely N-dealkylation sites (N-methyl/N-ethyl adjacent to an activating group) is 1. The van der Waals surface area contributed by atoms with Gasteiger partial charge in [-0.25, -0.2) is 0 Å². The van der Waals surface area contributed by atoms with Gasteiger partial charge in [-0.1, -0.05) is 85.5 Å². The Balaban J connectivity index is 0.00000484. The van der Waals surface area contributed by atoms with Crippen molar-refractivity contribution < 1.29 is 21.7 Å². The van der Waals surface area contributed by atoms with Crippen LogP contribution in [0.5, 0.6) is 0 Å². The van der Waals surface area contributed by atoms with Gasteiger partial charge >= 0.3 is 0 Å². The summed E-state index contributed by atoms with van der Waals surface area (Å²) < 4.78 is 0. The molecule has 1 nitrogen and oxygen atoms in total. The quantitative estimate of drug-likeness (QED) is 0.385. The fraction of sp³-hybridized carbons (Fsp3) is 0.762. The van der Waals surface area contributed by atoms with Crippen LogP contribution in [-0.2, 0) is 53.8 Å². The van der Waals surface area contributed by atoms with Crippen LogP contribution in [0.3, 0.4) is 0 Å². The molecule has 0 saturated heterocycles. The fourth-order valence-electron chi connectivity index (χ4n) is 3.75. The van der Waals surface area contributed by atoms with E-state index in [0.717, 1.165) is 0 Å². The van der Waals surface area contributed by atoms with Crippen LogP contribution in [0.4, 0.5) is 0 Å². The van der Waals surface area contributed by atoms with Gasteiger partial charge in [-0.05, 0) is 20.6 Å². The van der Waals surface area contributed by atoms with E-state index in [1.165, 1.54) is 64.3 Å². The summed E-state index contributed by atoms with van der Waals surface area (Å²) in [7, 11) is 4.39. The summed E-state index contributed by atoms with van der Waals surface area (Å²) in [5, 5.41) is 0. The standard InChI is InChI=1S/C21H38N.Ti/c1-7-11-17-18(12-8-2)20(14-10-4)21(15-16-22(5)6)19(17)13-9-3;/h7-16H2,1-6H3;/q-1;. The van der Waals surface area contributed by atoms with Crippen LogP contribution in [-0.4, -0.2) is 25.5 Å². The Morgan fingerprint density at radius 2 is 1.09 bits per heavy atom. The summed E-state index contributed by atoms with van der Waals surface area (Å²) >= 11 is 0. The second-order valence-corrected chi connectivity index (χ2v) is 6.95. The zero-order chi connectivity index (χ0) is 16.5. The molecule has 0 spiro atoms. The van der Waals surface area contributed by atoms with E-state index in [1.807, 2.05) is 0 Å². The van der Waals surface area contributed by atoms with Crippen molar-refractivity contribution >= 4 is 0 Å². The average Bonchev–Trinajstić information content (AvgIpc) is 2.73. The van der Waals surface area contributed by atoms with Crippen molar-refractivity contribution in [3.63, 3.8) is 0 Å². The van der Waals surface area contributed by atoms with E-state index < -0.39 is 0 Å². The molecule has 23 heavy (non-hydrogen) atoms. The summed E-state index contributed by atoms with van der Waals surface area (Å²) in [5.74, 6) is 0. The molecule has 0 amide bonds. The Morgan fingerprint density at radius 1 is 0.696 bits per heavy atom. The first kappa shape index (κ1) is 23.0. The Morgan fingerprint density at radius 3 is 1.39 bits per heavy atom. The Bertz CT molecular complexity index is 398. The largest absolute Gasteiger partial charge is 0.310 e. The van der Waals surface area contributed by atoms with Crippen molar-refractivity contribution in [3.8, 4) is 0 Å². The minimum absolute atomic E-state index is 0. The van der Waals surface area contributed by atoms with E-state index in [-0.39, 0.29) is 21.7 Å². The molecule has 2 heteroatoms. The van der Waals surface area contributed by atoms with Crippen molar-refractivity contribution in [2.24, 2.45) is 0 Å². The first-order valence-electron chi connectivity index (χ1n) is 9.56.